The van der Waals surface area contributed by atoms with Crippen LogP contribution < -0.4 is 5.32 Å². The number of ether oxygens (including phenoxy) is 2. The molecule has 1 aliphatic heterocycles. The van der Waals surface area contributed by atoms with E-state index in [1.54, 1.807) is 6.08 Å². The molecule has 9 heteroatoms. The van der Waals surface area contributed by atoms with Gasteiger partial charge in [-0.15, -0.1) is 0 Å². The molecule has 0 bridgehead atoms. The third-order valence-electron chi connectivity index (χ3n) is 17.6. The smallest absolute Gasteiger partial charge is 0.220 e. The maximum atomic E-state index is 13.1. The van der Waals surface area contributed by atoms with Crippen LogP contribution in [0, 0.1) is 0 Å². The summed E-state index contributed by atoms with van der Waals surface area (Å²) in [4.78, 5) is 13.1. The van der Waals surface area contributed by atoms with Crippen LogP contribution in [0.5, 0.6) is 0 Å². The first-order valence-electron chi connectivity index (χ1n) is 35.9. The Morgan fingerprint density at radius 2 is 0.688 bits per heavy atom. The predicted octanol–water partition coefficient (Wildman–Crippen LogP) is 19.5. The summed E-state index contributed by atoms with van der Waals surface area (Å²) in [6, 6.07) is -0.802. The molecule has 1 amide bonds. The van der Waals surface area contributed by atoms with Crippen LogP contribution in [0.2, 0.25) is 0 Å². The molecule has 0 aromatic carbocycles. The summed E-state index contributed by atoms with van der Waals surface area (Å²) in [6.07, 6.45) is 71.9. The lowest BCUT2D eigenvalue weighted by molar-refractivity contribution is -0.302. The third-order valence-corrected chi connectivity index (χ3v) is 17.6. The zero-order chi connectivity index (χ0) is 57.9. The van der Waals surface area contributed by atoms with Crippen LogP contribution in [0.15, 0.2) is 12.2 Å². The normalized spacial score (nSPS) is 18.4. The third kappa shape index (κ3) is 49.2. The van der Waals surface area contributed by atoms with Gasteiger partial charge in [0.25, 0.3) is 0 Å². The van der Waals surface area contributed by atoms with E-state index < -0.39 is 49.5 Å². The Balaban J connectivity index is 2.10. The van der Waals surface area contributed by atoms with Crippen LogP contribution in [-0.2, 0) is 14.3 Å². The minimum Gasteiger partial charge on any atom is -0.394 e. The van der Waals surface area contributed by atoms with Crippen molar-refractivity contribution in [2.75, 3.05) is 13.2 Å². The van der Waals surface area contributed by atoms with E-state index in [0.717, 1.165) is 38.5 Å². The molecular weight excluding hydrogens is 995 g/mol. The van der Waals surface area contributed by atoms with Crippen molar-refractivity contribution in [2.24, 2.45) is 0 Å². The van der Waals surface area contributed by atoms with Crippen LogP contribution in [0.3, 0.4) is 0 Å². The molecule has 1 heterocycles. The number of allylic oxidation sites excluding steroid dienone is 1. The highest BCUT2D eigenvalue weighted by molar-refractivity contribution is 5.76. The minimum atomic E-state index is -1.56. The molecule has 476 valence electrons. The molecule has 0 aliphatic carbocycles. The molecule has 0 saturated carbocycles. The van der Waals surface area contributed by atoms with Crippen molar-refractivity contribution in [3.8, 4) is 0 Å². The number of amides is 1. The molecule has 9 nitrogen and oxygen atoms in total. The zero-order valence-corrected chi connectivity index (χ0v) is 53.4. The number of carbonyl (C=O) groups is 1. The van der Waals surface area contributed by atoms with Crippen LogP contribution in [-0.4, -0.2) is 87.5 Å². The van der Waals surface area contributed by atoms with Crippen LogP contribution >= 0.6 is 0 Å². The van der Waals surface area contributed by atoms with Gasteiger partial charge in [0, 0.05) is 6.42 Å². The molecule has 0 aromatic rings. The molecule has 1 fully saturated rings. The van der Waals surface area contributed by atoms with Crippen molar-refractivity contribution < 1.29 is 39.8 Å². The van der Waals surface area contributed by atoms with Gasteiger partial charge in [0.15, 0.2) is 6.29 Å². The summed E-state index contributed by atoms with van der Waals surface area (Å²) in [5.41, 5.74) is 0. The Hall–Kier alpha value is -1.07. The molecule has 1 aliphatic rings. The van der Waals surface area contributed by atoms with E-state index in [-0.39, 0.29) is 12.5 Å². The van der Waals surface area contributed by atoms with Crippen molar-refractivity contribution in [1.82, 2.24) is 5.32 Å². The quantitative estimate of drug-likeness (QED) is 0.0261. The first kappa shape index (κ1) is 76.9. The fourth-order valence-corrected chi connectivity index (χ4v) is 12.0. The van der Waals surface area contributed by atoms with Gasteiger partial charge in [-0.05, 0) is 19.3 Å². The summed E-state index contributed by atoms with van der Waals surface area (Å²) in [5, 5.41) is 54.8. The first-order chi connectivity index (χ1) is 39.3. The van der Waals surface area contributed by atoms with E-state index in [1.165, 1.54) is 321 Å². The second-order valence-electron chi connectivity index (χ2n) is 25.4. The van der Waals surface area contributed by atoms with Crippen molar-refractivity contribution >= 4 is 5.91 Å². The Morgan fingerprint density at radius 1 is 0.412 bits per heavy atom. The van der Waals surface area contributed by atoms with Gasteiger partial charge in [-0.2, -0.15) is 0 Å². The van der Waals surface area contributed by atoms with E-state index in [0.29, 0.717) is 6.42 Å². The largest absolute Gasteiger partial charge is 0.394 e. The summed E-state index contributed by atoms with van der Waals surface area (Å²) in [7, 11) is 0. The second-order valence-corrected chi connectivity index (χ2v) is 25.4. The lowest BCUT2D eigenvalue weighted by Crippen LogP contribution is -2.60. The fraction of sp³-hybridized carbons (Fsp3) is 0.958. The topological polar surface area (TPSA) is 149 Å². The summed E-state index contributed by atoms with van der Waals surface area (Å²) in [6.45, 7) is 3.85. The standard InChI is InChI=1S/C71H139NO8/c1-3-5-7-9-11-13-15-17-19-21-23-25-27-29-31-32-33-34-35-37-39-41-43-45-47-49-51-53-55-57-59-61-67(75)72-64(63-79-71-70(78)69(77)68(76)66(62-73)80-71)65(74)60-58-56-54-52-50-48-46-44-42-40-38-36-30-28-26-24-22-20-18-16-14-12-10-8-6-4-2/h58,60,64-66,68-71,73-74,76-78H,3-57,59,61-63H2,1-2H3,(H,72,75)/b60-58+. The van der Waals surface area contributed by atoms with Crippen molar-refractivity contribution in [3.05, 3.63) is 12.2 Å². The van der Waals surface area contributed by atoms with Crippen molar-refractivity contribution in [3.63, 3.8) is 0 Å². The second kappa shape index (κ2) is 61.0. The van der Waals surface area contributed by atoms with Crippen LogP contribution in [0.4, 0.5) is 0 Å². The number of carbonyl (C=O) groups excluding carboxylic acids is 1. The molecule has 1 saturated heterocycles. The van der Waals surface area contributed by atoms with E-state index in [4.69, 9.17) is 9.47 Å². The summed E-state index contributed by atoms with van der Waals surface area (Å²) in [5.74, 6) is -0.166. The molecule has 7 atom stereocenters. The van der Waals surface area contributed by atoms with E-state index >= 15 is 0 Å². The number of rotatable bonds is 64. The highest BCUT2D eigenvalue weighted by Gasteiger charge is 2.44. The molecular formula is C71H139NO8. The SMILES string of the molecule is CCCCCCCCCCCCCCCCCCCCCCCCCC/C=C/C(O)C(COC1OC(CO)C(O)C(O)C1O)NC(=O)CCCCCCCCCCCCCCCCCCCCCCCCCCCCCCCCC. The minimum absolute atomic E-state index is 0.166. The molecule has 0 radical (unpaired) electrons. The molecule has 0 aromatic heterocycles. The van der Waals surface area contributed by atoms with Gasteiger partial charge in [0.1, 0.15) is 24.4 Å². The number of aliphatic hydroxyl groups excluding tert-OH is 5. The number of hydrogen-bond acceptors (Lipinski definition) is 8. The highest BCUT2D eigenvalue weighted by atomic mass is 16.7. The predicted molar refractivity (Wildman–Crippen MR) is 341 cm³/mol. The number of aliphatic hydroxyl groups is 5. The Bertz CT molecular complexity index is 1270. The van der Waals surface area contributed by atoms with Gasteiger partial charge in [0.2, 0.25) is 5.91 Å². The van der Waals surface area contributed by atoms with Crippen LogP contribution in [0.25, 0.3) is 0 Å². The molecule has 80 heavy (non-hydrogen) atoms. The summed E-state index contributed by atoms with van der Waals surface area (Å²) >= 11 is 0. The average Bonchev–Trinajstić information content (AvgIpc) is 3.46. The summed E-state index contributed by atoms with van der Waals surface area (Å²) < 4.78 is 11.3. The number of unbranched alkanes of at least 4 members (excludes halogenated alkanes) is 54. The number of hydrogen-bond donors (Lipinski definition) is 6. The van der Waals surface area contributed by atoms with E-state index in [1.807, 2.05) is 6.08 Å². The Kier molecular flexibility index (Phi) is 58.7. The van der Waals surface area contributed by atoms with Gasteiger partial charge in [-0.1, -0.05) is 366 Å². The van der Waals surface area contributed by atoms with E-state index in [2.05, 4.69) is 19.2 Å². The lowest BCUT2D eigenvalue weighted by Gasteiger charge is -2.40. The lowest BCUT2D eigenvalue weighted by atomic mass is 9.99. The van der Waals surface area contributed by atoms with Gasteiger partial charge in [-0.25, -0.2) is 0 Å². The maximum absolute atomic E-state index is 13.1. The molecule has 1 rings (SSSR count). The van der Waals surface area contributed by atoms with Crippen LogP contribution in [0.1, 0.15) is 380 Å². The first-order valence-corrected chi connectivity index (χ1v) is 35.9. The highest BCUT2D eigenvalue weighted by Crippen LogP contribution is 2.24. The number of nitrogens with one attached hydrogen (secondary N) is 1. The van der Waals surface area contributed by atoms with Gasteiger partial charge >= 0.3 is 0 Å². The molecule has 0 spiro atoms. The zero-order valence-electron chi connectivity index (χ0n) is 53.4. The Morgan fingerprint density at radius 3 is 0.975 bits per heavy atom. The van der Waals surface area contributed by atoms with Crippen molar-refractivity contribution in [2.45, 2.75) is 423 Å². The average molecular weight is 1130 g/mol. The van der Waals surface area contributed by atoms with E-state index in [9.17, 15) is 30.3 Å². The monoisotopic (exact) mass is 1130 g/mol. The van der Waals surface area contributed by atoms with Crippen molar-refractivity contribution in [1.29, 1.82) is 0 Å². The fourth-order valence-electron chi connectivity index (χ4n) is 12.0. The Labute approximate surface area is 496 Å². The maximum Gasteiger partial charge on any atom is 0.220 e. The van der Waals surface area contributed by atoms with Gasteiger partial charge < -0.3 is 40.3 Å². The molecule has 7 unspecified atom stereocenters. The van der Waals surface area contributed by atoms with Gasteiger partial charge in [-0.3, -0.25) is 4.79 Å². The molecule has 6 N–H and O–H groups in total. The van der Waals surface area contributed by atoms with Gasteiger partial charge in [0.05, 0.1) is 25.4 Å².